The molecule has 2 rings (SSSR count). The zero-order valence-corrected chi connectivity index (χ0v) is 16.9. The molecule has 5 nitrogen and oxygen atoms in total. The number of hydrogen-bond acceptors (Lipinski definition) is 3. The van der Waals surface area contributed by atoms with Gasteiger partial charge in [-0.3, -0.25) is 4.99 Å². The molecular weight excluding hydrogens is 310 g/mol. The van der Waals surface area contributed by atoms with Crippen LogP contribution in [0.15, 0.2) is 4.99 Å². The van der Waals surface area contributed by atoms with E-state index >= 15 is 0 Å². The van der Waals surface area contributed by atoms with Crippen molar-refractivity contribution < 1.29 is 0 Å². The maximum atomic E-state index is 4.86. The van der Waals surface area contributed by atoms with Crippen LogP contribution in [0.5, 0.6) is 0 Å². The molecule has 0 radical (unpaired) electrons. The Bertz CT molecular complexity index is 378. The molecule has 0 unspecified atom stereocenters. The number of hydrogen-bond donors (Lipinski definition) is 2. The minimum absolute atomic E-state index is 0.503. The van der Waals surface area contributed by atoms with E-state index in [4.69, 9.17) is 4.99 Å². The second kappa shape index (κ2) is 11.0. The highest BCUT2D eigenvalue weighted by molar-refractivity contribution is 5.79. The molecule has 5 heteroatoms. The Hall–Kier alpha value is -0.810. The Balaban J connectivity index is 1.59. The van der Waals surface area contributed by atoms with Crippen molar-refractivity contribution in [3.8, 4) is 0 Å². The highest BCUT2D eigenvalue weighted by Gasteiger charge is 2.34. The van der Waals surface area contributed by atoms with Crippen LogP contribution in [0.1, 0.15) is 59.3 Å². The molecular formula is C20H41N5. The smallest absolute Gasteiger partial charge is 0.191 e. The summed E-state index contributed by atoms with van der Waals surface area (Å²) in [6.07, 6.45) is 7.87. The number of piperazine rings is 1. The van der Waals surface area contributed by atoms with Crippen LogP contribution in [0.3, 0.4) is 0 Å². The first-order valence-corrected chi connectivity index (χ1v) is 10.7. The number of nitrogens with zero attached hydrogens (tertiary/aromatic N) is 3. The number of likely N-dealkylation sites (N-methyl/N-ethyl adjacent to an activating group) is 1. The van der Waals surface area contributed by atoms with Gasteiger partial charge in [-0.25, -0.2) is 0 Å². The Morgan fingerprint density at radius 2 is 1.68 bits per heavy atom. The second-order valence-corrected chi connectivity index (χ2v) is 7.81. The molecule has 0 aromatic carbocycles. The highest BCUT2D eigenvalue weighted by Crippen LogP contribution is 2.43. The Morgan fingerprint density at radius 3 is 2.24 bits per heavy atom. The summed E-state index contributed by atoms with van der Waals surface area (Å²) < 4.78 is 0. The number of aliphatic imine (C=N–C) groups is 1. The van der Waals surface area contributed by atoms with Crippen molar-refractivity contribution >= 4 is 5.96 Å². The first-order chi connectivity index (χ1) is 12.2. The lowest BCUT2D eigenvalue weighted by Gasteiger charge is -2.40. The van der Waals surface area contributed by atoms with Crippen LogP contribution in [-0.2, 0) is 0 Å². The molecule has 2 N–H and O–H groups in total. The van der Waals surface area contributed by atoms with Gasteiger partial charge >= 0.3 is 0 Å². The van der Waals surface area contributed by atoms with E-state index in [1.165, 1.54) is 77.8 Å². The maximum absolute atomic E-state index is 4.86. The molecule has 1 aliphatic heterocycles. The normalized spacial score (nSPS) is 21.8. The monoisotopic (exact) mass is 351 g/mol. The van der Waals surface area contributed by atoms with Crippen LogP contribution < -0.4 is 10.6 Å². The fraction of sp³-hybridized carbons (Fsp3) is 0.950. The van der Waals surface area contributed by atoms with Gasteiger partial charge in [-0.15, -0.1) is 0 Å². The topological polar surface area (TPSA) is 42.9 Å². The van der Waals surface area contributed by atoms with Crippen molar-refractivity contribution in [3.63, 3.8) is 0 Å². The molecule has 0 bridgehead atoms. The van der Waals surface area contributed by atoms with Gasteiger partial charge in [0.25, 0.3) is 0 Å². The van der Waals surface area contributed by atoms with Gasteiger partial charge in [0.2, 0.25) is 0 Å². The SMILES string of the molecule is CCNC(=NCC1(CC)CCC1)NCCCCN1CCN(CC)CC1. The van der Waals surface area contributed by atoms with Gasteiger partial charge < -0.3 is 20.4 Å². The minimum atomic E-state index is 0.503. The Kier molecular flexibility index (Phi) is 9.04. The fourth-order valence-corrected chi connectivity index (χ4v) is 3.89. The van der Waals surface area contributed by atoms with Crippen LogP contribution in [0.25, 0.3) is 0 Å². The van der Waals surface area contributed by atoms with Crippen molar-refractivity contribution in [2.75, 3.05) is 58.9 Å². The molecule has 25 heavy (non-hydrogen) atoms. The van der Waals surface area contributed by atoms with Crippen LogP contribution in [0, 0.1) is 5.41 Å². The molecule has 2 aliphatic rings. The standard InChI is InChI=1S/C20H41N5/c1-4-20(10-9-11-20)18-23-19(21-5-2)22-12-7-8-13-25-16-14-24(6-3)15-17-25/h4-18H2,1-3H3,(H2,21,22,23). The lowest BCUT2D eigenvalue weighted by Crippen LogP contribution is -2.46. The van der Waals surface area contributed by atoms with Gasteiger partial charge in [0.1, 0.15) is 0 Å². The fourth-order valence-electron chi connectivity index (χ4n) is 3.89. The van der Waals surface area contributed by atoms with Crippen LogP contribution in [-0.4, -0.2) is 74.7 Å². The number of guanidine groups is 1. The maximum Gasteiger partial charge on any atom is 0.191 e. The van der Waals surface area contributed by atoms with Gasteiger partial charge in [-0.2, -0.15) is 0 Å². The van der Waals surface area contributed by atoms with E-state index in [0.29, 0.717) is 5.41 Å². The van der Waals surface area contributed by atoms with Crippen molar-refractivity contribution in [2.45, 2.75) is 59.3 Å². The summed E-state index contributed by atoms with van der Waals surface area (Å²) in [6, 6.07) is 0. The summed E-state index contributed by atoms with van der Waals surface area (Å²) in [5.74, 6) is 1.01. The highest BCUT2D eigenvalue weighted by atomic mass is 15.3. The van der Waals surface area contributed by atoms with Gasteiger partial charge in [0, 0.05) is 45.8 Å². The van der Waals surface area contributed by atoms with Gasteiger partial charge in [-0.1, -0.05) is 20.3 Å². The van der Waals surface area contributed by atoms with E-state index in [1.54, 1.807) is 0 Å². The van der Waals surface area contributed by atoms with E-state index in [2.05, 4.69) is 41.2 Å². The predicted octanol–water partition coefficient (Wildman–Crippen LogP) is 2.54. The zero-order valence-electron chi connectivity index (χ0n) is 16.9. The average molecular weight is 352 g/mol. The van der Waals surface area contributed by atoms with Gasteiger partial charge in [0.05, 0.1) is 0 Å². The van der Waals surface area contributed by atoms with Crippen LogP contribution >= 0.6 is 0 Å². The number of nitrogens with one attached hydrogen (secondary N) is 2. The molecule has 0 aromatic rings. The van der Waals surface area contributed by atoms with Gasteiger partial charge in [-0.05, 0) is 57.5 Å². The molecule has 0 spiro atoms. The van der Waals surface area contributed by atoms with Crippen LogP contribution in [0.2, 0.25) is 0 Å². The summed E-state index contributed by atoms with van der Waals surface area (Å²) >= 11 is 0. The van der Waals surface area contributed by atoms with Crippen molar-refractivity contribution in [2.24, 2.45) is 10.4 Å². The second-order valence-electron chi connectivity index (χ2n) is 7.81. The quantitative estimate of drug-likeness (QED) is 0.361. The largest absolute Gasteiger partial charge is 0.357 e. The molecule has 1 heterocycles. The molecule has 1 saturated carbocycles. The molecule has 2 fully saturated rings. The van der Waals surface area contributed by atoms with E-state index in [1.807, 2.05) is 0 Å². The summed E-state index contributed by atoms with van der Waals surface area (Å²) in [4.78, 5) is 10.0. The molecule has 1 aliphatic carbocycles. The third-order valence-corrected chi connectivity index (χ3v) is 6.19. The molecule has 0 aromatic heterocycles. The summed E-state index contributed by atoms with van der Waals surface area (Å²) in [7, 11) is 0. The van der Waals surface area contributed by atoms with Crippen molar-refractivity contribution in [3.05, 3.63) is 0 Å². The van der Waals surface area contributed by atoms with E-state index < -0.39 is 0 Å². The van der Waals surface area contributed by atoms with Crippen LogP contribution in [0.4, 0.5) is 0 Å². The number of rotatable bonds is 10. The van der Waals surface area contributed by atoms with E-state index in [9.17, 15) is 0 Å². The molecule has 0 amide bonds. The molecule has 0 atom stereocenters. The predicted molar refractivity (Wildman–Crippen MR) is 108 cm³/mol. The number of unbranched alkanes of at least 4 members (excludes halogenated alkanes) is 1. The third kappa shape index (κ3) is 6.78. The van der Waals surface area contributed by atoms with Crippen molar-refractivity contribution in [1.82, 2.24) is 20.4 Å². The van der Waals surface area contributed by atoms with E-state index in [0.717, 1.165) is 25.6 Å². The first kappa shape index (κ1) is 20.5. The summed E-state index contributed by atoms with van der Waals surface area (Å²) in [5, 5.41) is 6.93. The summed E-state index contributed by atoms with van der Waals surface area (Å²) in [5.41, 5.74) is 0.503. The van der Waals surface area contributed by atoms with E-state index in [-0.39, 0.29) is 0 Å². The Morgan fingerprint density at radius 1 is 0.960 bits per heavy atom. The zero-order chi connectivity index (χ0) is 18.0. The Labute approximate surface area is 155 Å². The van der Waals surface area contributed by atoms with Gasteiger partial charge in [0.15, 0.2) is 5.96 Å². The third-order valence-electron chi connectivity index (χ3n) is 6.19. The lowest BCUT2D eigenvalue weighted by atomic mass is 9.67. The lowest BCUT2D eigenvalue weighted by molar-refractivity contribution is 0.136. The van der Waals surface area contributed by atoms with Crippen molar-refractivity contribution in [1.29, 1.82) is 0 Å². The average Bonchev–Trinajstić information content (AvgIpc) is 2.61. The molecule has 1 saturated heterocycles. The first-order valence-electron chi connectivity index (χ1n) is 10.7. The minimum Gasteiger partial charge on any atom is -0.357 e. The molecule has 146 valence electrons. The summed E-state index contributed by atoms with van der Waals surface area (Å²) in [6.45, 7) is 17.1.